The number of nitrogens with two attached hydrogens (primary N) is 1. The third-order valence-corrected chi connectivity index (χ3v) is 6.92. The van der Waals surface area contributed by atoms with Gasteiger partial charge >= 0.3 is 0 Å². The average Bonchev–Trinajstić information content (AvgIpc) is 3.56. The maximum atomic E-state index is 12.8. The van der Waals surface area contributed by atoms with Crippen LogP contribution in [0.1, 0.15) is 30.6 Å². The number of hydrogen-bond donors (Lipinski definition) is 4. The smallest absolute Gasteiger partial charge is 0.253 e. The van der Waals surface area contributed by atoms with Crippen LogP contribution in [0.4, 0.5) is 17.5 Å². The highest BCUT2D eigenvalue weighted by atomic mass is 16.2. The van der Waals surface area contributed by atoms with E-state index in [4.69, 9.17) is 10.7 Å². The molecule has 2 aromatic heterocycles. The van der Waals surface area contributed by atoms with Crippen LogP contribution in [-0.2, 0) is 4.79 Å². The molecule has 4 unspecified atom stereocenters. The summed E-state index contributed by atoms with van der Waals surface area (Å²) in [5.74, 6) is 0.872. The molecule has 2 amide bonds. The van der Waals surface area contributed by atoms with E-state index in [1.54, 1.807) is 17.0 Å². The van der Waals surface area contributed by atoms with Gasteiger partial charge in [0.2, 0.25) is 11.9 Å². The fourth-order valence-electron chi connectivity index (χ4n) is 5.22. The number of allylic oxidation sites excluding steroid dienone is 1. The van der Waals surface area contributed by atoms with E-state index in [1.807, 2.05) is 38.2 Å². The van der Waals surface area contributed by atoms with Gasteiger partial charge in [0.25, 0.3) is 5.91 Å². The average molecular weight is 460 g/mol. The molecule has 2 aliphatic carbocycles. The van der Waals surface area contributed by atoms with Gasteiger partial charge < -0.3 is 26.3 Å². The minimum Gasteiger partial charge on any atom is -0.369 e. The lowest BCUT2D eigenvalue weighted by molar-refractivity contribution is -0.122. The van der Waals surface area contributed by atoms with Gasteiger partial charge in [-0.1, -0.05) is 18.2 Å². The fourth-order valence-corrected chi connectivity index (χ4v) is 5.22. The SMILES string of the molecule is CCN(CC)C(=O)c1cccc(Nc2nc(NC3C4C=CC(C4)C3C(N)=O)c3cc[nH]c3n2)c1. The summed E-state index contributed by atoms with van der Waals surface area (Å²) >= 11 is 0. The van der Waals surface area contributed by atoms with Gasteiger partial charge in [-0.25, -0.2) is 0 Å². The van der Waals surface area contributed by atoms with Crippen molar-refractivity contribution in [2.45, 2.75) is 26.3 Å². The number of rotatable bonds is 8. The molecule has 3 aromatic rings. The Morgan fingerprint density at radius 1 is 1.15 bits per heavy atom. The van der Waals surface area contributed by atoms with Crippen LogP contribution in [0, 0.1) is 17.8 Å². The molecular weight excluding hydrogens is 430 g/mol. The molecule has 0 aliphatic heterocycles. The normalized spacial score (nSPS) is 22.8. The number of fused-ring (bicyclic) bond motifs is 3. The number of nitrogens with one attached hydrogen (secondary N) is 3. The number of aromatic nitrogens is 3. The first kappa shape index (κ1) is 21.9. The van der Waals surface area contributed by atoms with Crippen LogP contribution in [0.15, 0.2) is 48.7 Å². The summed E-state index contributed by atoms with van der Waals surface area (Å²) in [4.78, 5) is 39.2. The summed E-state index contributed by atoms with van der Waals surface area (Å²) in [5, 5.41) is 7.56. The van der Waals surface area contributed by atoms with Crippen LogP contribution in [-0.4, -0.2) is 50.8 Å². The number of amides is 2. The second-order valence-electron chi connectivity index (χ2n) is 8.87. The van der Waals surface area contributed by atoms with E-state index in [-0.39, 0.29) is 35.6 Å². The maximum absolute atomic E-state index is 12.8. The highest BCUT2D eigenvalue weighted by Gasteiger charge is 2.47. The van der Waals surface area contributed by atoms with Gasteiger partial charge in [0, 0.05) is 36.6 Å². The first-order valence-corrected chi connectivity index (χ1v) is 11.7. The van der Waals surface area contributed by atoms with Gasteiger partial charge in [0.1, 0.15) is 11.5 Å². The number of H-pyrrole nitrogens is 1. The Morgan fingerprint density at radius 2 is 1.94 bits per heavy atom. The minimum absolute atomic E-state index is 0.0152. The quantitative estimate of drug-likeness (QED) is 0.383. The summed E-state index contributed by atoms with van der Waals surface area (Å²) in [6, 6.07) is 9.12. The zero-order valence-electron chi connectivity index (χ0n) is 19.3. The van der Waals surface area contributed by atoms with Crippen molar-refractivity contribution in [3.63, 3.8) is 0 Å². The lowest BCUT2D eigenvalue weighted by Crippen LogP contribution is -2.41. The lowest BCUT2D eigenvalue weighted by atomic mass is 9.88. The fraction of sp³-hybridized carbons (Fsp3) is 0.360. The molecule has 1 saturated carbocycles. The number of anilines is 3. The molecule has 9 nitrogen and oxygen atoms in total. The molecule has 0 spiro atoms. The molecule has 2 heterocycles. The Hall–Kier alpha value is -3.88. The number of hydrogen-bond acceptors (Lipinski definition) is 6. The topological polar surface area (TPSA) is 129 Å². The van der Waals surface area contributed by atoms with Crippen LogP contribution >= 0.6 is 0 Å². The van der Waals surface area contributed by atoms with E-state index < -0.39 is 0 Å². The summed E-state index contributed by atoms with van der Waals surface area (Å²) < 4.78 is 0. The molecule has 2 aliphatic rings. The van der Waals surface area contributed by atoms with Crippen LogP contribution in [0.25, 0.3) is 11.0 Å². The summed E-state index contributed by atoms with van der Waals surface area (Å²) in [7, 11) is 0. The van der Waals surface area contributed by atoms with Crippen LogP contribution in [0.3, 0.4) is 0 Å². The van der Waals surface area contributed by atoms with Crippen molar-refractivity contribution in [2.24, 2.45) is 23.5 Å². The predicted molar refractivity (Wildman–Crippen MR) is 132 cm³/mol. The second kappa shape index (κ2) is 8.81. The number of primary amides is 1. The van der Waals surface area contributed by atoms with Gasteiger partial charge in [-0.15, -0.1) is 0 Å². The molecule has 0 radical (unpaired) electrons. The van der Waals surface area contributed by atoms with Gasteiger partial charge in [0.15, 0.2) is 0 Å². The van der Waals surface area contributed by atoms with Crippen molar-refractivity contribution in [1.29, 1.82) is 0 Å². The molecule has 2 bridgehead atoms. The summed E-state index contributed by atoms with van der Waals surface area (Å²) in [5.41, 5.74) is 7.73. The zero-order valence-corrected chi connectivity index (χ0v) is 19.3. The predicted octanol–water partition coefficient (Wildman–Crippen LogP) is 3.27. The van der Waals surface area contributed by atoms with Crippen molar-refractivity contribution >= 4 is 40.3 Å². The molecule has 1 aromatic carbocycles. The number of nitrogens with zero attached hydrogens (tertiary/aromatic N) is 3. The highest BCUT2D eigenvalue weighted by molar-refractivity contribution is 5.95. The molecule has 5 N–H and O–H groups in total. The molecule has 176 valence electrons. The van der Waals surface area contributed by atoms with E-state index in [0.29, 0.717) is 41.8 Å². The molecule has 4 atom stereocenters. The molecule has 34 heavy (non-hydrogen) atoms. The third kappa shape index (κ3) is 3.87. The molecule has 1 fully saturated rings. The van der Waals surface area contributed by atoms with Crippen LogP contribution in [0.2, 0.25) is 0 Å². The molecule has 0 saturated heterocycles. The zero-order chi connectivity index (χ0) is 23.8. The van der Waals surface area contributed by atoms with Crippen LogP contribution in [0.5, 0.6) is 0 Å². The largest absolute Gasteiger partial charge is 0.369 e. The van der Waals surface area contributed by atoms with Crippen molar-refractivity contribution in [3.05, 3.63) is 54.2 Å². The van der Waals surface area contributed by atoms with Crippen molar-refractivity contribution in [1.82, 2.24) is 19.9 Å². The lowest BCUT2D eigenvalue weighted by Gasteiger charge is -2.27. The van der Waals surface area contributed by atoms with Crippen molar-refractivity contribution < 1.29 is 9.59 Å². The molecule has 5 rings (SSSR count). The molecular formula is C25H29N7O2. The van der Waals surface area contributed by atoms with Gasteiger partial charge in [-0.05, 0) is 56.4 Å². The van der Waals surface area contributed by atoms with Gasteiger partial charge in [-0.2, -0.15) is 9.97 Å². The summed E-state index contributed by atoms with van der Waals surface area (Å²) in [6.07, 6.45) is 6.99. The van der Waals surface area contributed by atoms with Gasteiger partial charge in [-0.3, -0.25) is 9.59 Å². The Balaban J connectivity index is 1.43. The maximum Gasteiger partial charge on any atom is 0.253 e. The van der Waals surface area contributed by atoms with E-state index in [0.717, 1.165) is 11.8 Å². The first-order valence-electron chi connectivity index (χ1n) is 11.7. The third-order valence-electron chi connectivity index (χ3n) is 6.92. The Morgan fingerprint density at radius 3 is 2.71 bits per heavy atom. The number of carbonyl (C=O) groups excluding carboxylic acids is 2. The van der Waals surface area contributed by atoms with Crippen molar-refractivity contribution in [2.75, 3.05) is 23.7 Å². The molecule has 9 heteroatoms. The summed E-state index contributed by atoms with van der Waals surface area (Å²) in [6.45, 7) is 5.23. The first-order chi connectivity index (χ1) is 16.5. The second-order valence-corrected chi connectivity index (χ2v) is 8.87. The Bertz CT molecular complexity index is 1260. The van der Waals surface area contributed by atoms with Crippen molar-refractivity contribution in [3.8, 4) is 0 Å². The minimum atomic E-state index is -0.290. The standard InChI is InChI=1S/C25H29N7O2/c1-3-32(4-2)24(34)16-6-5-7-17(13-16)28-25-30-22-18(10-11-27-22)23(31-25)29-20-15-9-8-14(12-15)19(20)21(26)33/h5-11,13-15,19-20H,3-4,12H2,1-2H3,(H2,26,33)(H3,27,28,29,30,31). The Labute approximate surface area is 197 Å². The van der Waals surface area contributed by atoms with Gasteiger partial charge in [0.05, 0.1) is 11.3 Å². The highest BCUT2D eigenvalue weighted by Crippen LogP contribution is 2.45. The van der Waals surface area contributed by atoms with E-state index in [1.165, 1.54) is 0 Å². The van der Waals surface area contributed by atoms with Crippen LogP contribution < -0.4 is 16.4 Å². The monoisotopic (exact) mass is 459 g/mol. The Kier molecular flexibility index (Phi) is 5.69. The van der Waals surface area contributed by atoms with E-state index in [2.05, 4.69) is 32.8 Å². The number of aromatic amines is 1. The van der Waals surface area contributed by atoms with E-state index >= 15 is 0 Å². The number of benzene rings is 1. The van der Waals surface area contributed by atoms with E-state index in [9.17, 15) is 9.59 Å². The number of carbonyl (C=O) groups is 2.